The van der Waals surface area contributed by atoms with Gasteiger partial charge >= 0.3 is 0 Å². The molecule has 0 fully saturated rings. The summed E-state index contributed by atoms with van der Waals surface area (Å²) in [4.78, 5) is 24.4. The second-order valence-corrected chi connectivity index (χ2v) is 3.13. The first kappa shape index (κ1) is 11.1. The van der Waals surface area contributed by atoms with Crippen molar-refractivity contribution in [3.63, 3.8) is 0 Å². The fraction of sp³-hybridized carbons (Fsp3) is 0.333. The molecule has 88 valence electrons. The van der Waals surface area contributed by atoms with Gasteiger partial charge in [0.25, 0.3) is 0 Å². The van der Waals surface area contributed by atoms with Gasteiger partial charge in [-0.05, 0) is 0 Å². The third-order valence-corrected chi connectivity index (χ3v) is 2.01. The van der Waals surface area contributed by atoms with Gasteiger partial charge in [0.15, 0.2) is 0 Å². The molecule has 0 unspecified atom stereocenters. The van der Waals surface area contributed by atoms with E-state index < -0.39 is 0 Å². The second-order valence-electron chi connectivity index (χ2n) is 3.13. The molecule has 2 N–H and O–H groups in total. The Morgan fingerprint density at radius 3 is 1.71 bits per heavy atom. The average molecular weight is 232 g/mol. The predicted molar refractivity (Wildman–Crippen MR) is 61.6 cm³/mol. The normalized spacial score (nSPS) is 10.0. The van der Waals surface area contributed by atoms with Crippen molar-refractivity contribution in [2.24, 2.45) is 0 Å². The Morgan fingerprint density at radius 2 is 1.29 bits per heavy atom. The van der Waals surface area contributed by atoms with Crippen molar-refractivity contribution < 1.29 is 0 Å². The Kier molecular flexibility index (Phi) is 3.34. The lowest BCUT2D eigenvalue weighted by Gasteiger charge is -2.02. The van der Waals surface area contributed by atoms with Crippen LogP contribution in [0.1, 0.15) is 11.6 Å². The predicted octanol–water partition coefficient (Wildman–Crippen LogP) is -0.269. The maximum absolute atomic E-state index is 4.19. The number of nitrogens with zero attached hydrogens (tertiary/aromatic N) is 6. The lowest BCUT2D eigenvalue weighted by Crippen LogP contribution is -2.07. The van der Waals surface area contributed by atoms with Crippen molar-refractivity contribution in [1.82, 2.24) is 29.9 Å². The zero-order valence-corrected chi connectivity index (χ0v) is 9.55. The number of aromatic nitrogens is 6. The van der Waals surface area contributed by atoms with Gasteiger partial charge in [-0.25, -0.2) is 19.9 Å². The molecule has 0 saturated carbocycles. The van der Waals surface area contributed by atoms with E-state index in [9.17, 15) is 0 Å². The Bertz CT molecular complexity index is 454. The minimum Gasteiger partial charge on any atom is -0.357 e. The van der Waals surface area contributed by atoms with Gasteiger partial charge in [0.05, 0.1) is 6.42 Å². The van der Waals surface area contributed by atoms with E-state index in [0.29, 0.717) is 30.0 Å². The number of rotatable bonds is 4. The van der Waals surface area contributed by atoms with Crippen LogP contribution >= 0.6 is 0 Å². The van der Waals surface area contributed by atoms with Crippen molar-refractivity contribution in [1.29, 1.82) is 0 Å². The van der Waals surface area contributed by atoms with E-state index >= 15 is 0 Å². The van der Waals surface area contributed by atoms with Crippen LogP contribution in [0.25, 0.3) is 0 Å². The Labute approximate surface area is 98.0 Å². The van der Waals surface area contributed by atoms with Gasteiger partial charge in [0.1, 0.15) is 24.3 Å². The molecule has 2 aromatic rings. The van der Waals surface area contributed by atoms with Crippen molar-refractivity contribution in [3.05, 3.63) is 24.3 Å². The Balaban J connectivity index is 2.18. The molecule has 17 heavy (non-hydrogen) atoms. The fourth-order valence-electron chi connectivity index (χ4n) is 1.21. The number of nitrogens with one attached hydrogen (secondary N) is 2. The SMILES string of the molecule is CNc1ncnc(Cc2ncnc(NC)n2)n1. The standard InChI is InChI=1S/C9H12N8/c1-10-8-14-4-12-6(16-8)3-7-13-5-15-9(11-2)17-7/h4-5H,3H2,1-2H3,(H,10,12,14,16)(H,11,13,15,17). The largest absolute Gasteiger partial charge is 0.357 e. The molecule has 0 bridgehead atoms. The molecule has 2 aromatic heterocycles. The molecule has 8 nitrogen and oxygen atoms in total. The van der Waals surface area contributed by atoms with Gasteiger partial charge in [-0.15, -0.1) is 0 Å². The molecule has 0 aliphatic heterocycles. The molecule has 2 heterocycles. The summed E-state index contributed by atoms with van der Waals surface area (Å²) in [7, 11) is 3.50. The minimum absolute atomic E-state index is 0.439. The zero-order valence-electron chi connectivity index (χ0n) is 9.55. The summed E-state index contributed by atoms with van der Waals surface area (Å²) in [5.74, 6) is 2.27. The lowest BCUT2D eigenvalue weighted by atomic mass is 10.4. The monoisotopic (exact) mass is 232 g/mol. The van der Waals surface area contributed by atoms with Crippen LogP contribution in [0.15, 0.2) is 12.7 Å². The van der Waals surface area contributed by atoms with E-state index in [0.717, 1.165) is 0 Å². The highest BCUT2D eigenvalue weighted by atomic mass is 15.1. The van der Waals surface area contributed by atoms with Crippen LogP contribution in [-0.2, 0) is 6.42 Å². The minimum atomic E-state index is 0.439. The molecular weight excluding hydrogens is 220 g/mol. The maximum Gasteiger partial charge on any atom is 0.225 e. The van der Waals surface area contributed by atoms with Crippen LogP contribution in [0.5, 0.6) is 0 Å². The van der Waals surface area contributed by atoms with Crippen molar-refractivity contribution in [3.8, 4) is 0 Å². The lowest BCUT2D eigenvalue weighted by molar-refractivity contribution is 0.851. The quantitative estimate of drug-likeness (QED) is 0.742. The van der Waals surface area contributed by atoms with Crippen molar-refractivity contribution >= 4 is 11.9 Å². The summed E-state index contributed by atoms with van der Waals surface area (Å²) in [6, 6.07) is 0. The van der Waals surface area contributed by atoms with E-state index in [1.54, 1.807) is 14.1 Å². The van der Waals surface area contributed by atoms with Crippen LogP contribution in [0.2, 0.25) is 0 Å². The highest BCUT2D eigenvalue weighted by molar-refractivity contribution is 5.23. The number of hydrogen-bond acceptors (Lipinski definition) is 8. The Morgan fingerprint density at radius 1 is 0.824 bits per heavy atom. The van der Waals surface area contributed by atoms with Gasteiger partial charge in [-0.3, -0.25) is 0 Å². The van der Waals surface area contributed by atoms with Gasteiger partial charge in [0.2, 0.25) is 11.9 Å². The highest BCUT2D eigenvalue weighted by Crippen LogP contribution is 2.03. The highest BCUT2D eigenvalue weighted by Gasteiger charge is 2.04. The van der Waals surface area contributed by atoms with Crippen LogP contribution in [-0.4, -0.2) is 44.0 Å². The summed E-state index contributed by atoms with van der Waals surface area (Å²) in [6.45, 7) is 0. The first-order valence-corrected chi connectivity index (χ1v) is 5.03. The number of anilines is 2. The fourth-order valence-corrected chi connectivity index (χ4v) is 1.21. The van der Waals surface area contributed by atoms with E-state index in [2.05, 4.69) is 40.5 Å². The first-order valence-electron chi connectivity index (χ1n) is 5.03. The van der Waals surface area contributed by atoms with E-state index in [1.807, 2.05) is 0 Å². The van der Waals surface area contributed by atoms with Crippen molar-refractivity contribution in [2.75, 3.05) is 24.7 Å². The maximum atomic E-state index is 4.19. The summed E-state index contributed by atoms with van der Waals surface area (Å²) < 4.78 is 0. The third-order valence-electron chi connectivity index (χ3n) is 2.01. The summed E-state index contributed by atoms with van der Waals surface area (Å²) in [5.41, 5.74) is 0. The molecule has 0 atom stereocenters. The van der Waals surface area contributed by atoms with Crippen LogP contribution < -0.4 is 10.6 Å². The van der Waals surface area contributed by atoms with Gasteiger partial charge in [0, 0.05) is 14.1 Å². The molecule has 0 amide bonds. The molecule has 0 aliphatic rings. The van der Waals surface area contributed by atoms with E-state index in [4.69, 9.17) is 0 Å². The topological polar surface area (TPSA) is 101 Å². The zero-order chi connectivity index (χ0) is 12.1. The Hall–Kier alpha value is -2.38. The molecule has 0 spiro atoms. The number of hydrogen-bond donors (Lipinski definition) is 2. The van der Waals surface area contributed by atoms with E-state index in [1.165, 1.54) is 12.7 Å². The van der Waals surface area contributed by atoms with Gasteiger partial charge in [-0.1, -0.05) is 0 Å². The summed E-state index contributed by atoms with van der Waals surface area (Å²) in [5, 5.41) is 5.70. The molecule has 0 radical (unpaired) electrons. The summed E-state index contributed by atoms with van der Waals surface area (Å²) >= 11 is 0. The van der Waals surface area contributed by atoms with Gasteiger partial charge in [-0.2, -0.15) is 9.97 Å². The van der Waals surface area contributed by atoms with Gasteiger partial charge < -0.3 is 10.6 Å². The molecule has 0 aromatic carbocycles. The third kappa shape index (κ3) is 2.80. The average Bonchev–Trinajstić information content (AvgIpc) is 2.39. The first-order chi connectivity index (χ1) is 8.31. The molecule has 0 saturated heterocycles. The van der Waals surface area contributed by atoms with Crippen LogP contribution in [0.4, 0.5) is 11.9 Å². The molecule has 8 heteroatoms. The van der Waals surface area contributed by atoms with Crippen LogP contribution in [0, 0.1) is 0 Å². The molecule has 2 rings (SSSR count). The van der Waals surface area contributed by atoms with E-state index in [-0.39, 0.29) is 0 Å². The molecular formula is C9H12N8. The van der Waals surface area contributed by atoms with Crippen molar-refractivity contribution in [2.45, 2.75) is 6.42 Å². The smallest absolute Gasteiger partial charge is 0.225 e. The summed E-state index contributed by atoms with van der Waals surface area (Å²) in [6.07, 6.45) is 3.34. The van der Waals surface area contributed by atoms with Crippen LogP contribution in [0.3, 0.4) is 0 Å². The second kappa shape index (κ2) is 5.10. The molecule has 0 aliphatic carbocycles.